The molecule has 0 amide bonds. The smallest absolute Gasteiger partial charge is 0.329 e. The lowest BCUT2D eigenvalue weighted by Crippen LogP contribution is -2.46. The van der Waals surface area contributed by atoms with Gasteiger partial charge >= 0.3 is 11.9 Å². The molecule has 4 rings (SSSR count). The summed E-state index contributed by atoms with van der Waals surface area (Å²) in [6, 6.07) is 9.23. The van der Waals surface area contributed by atoms with E-state index in [1.807, 2.05) is 24.3 Å². The Balaban J connectivity index is 1.93. The van der Waals surface area contributed by atoms with Crippen LogP contribution in [0.4, 0.5) is 0 Å². The Bertz CT molecular complexity index is 1020. The number of carboxylic acids is 1. The maximum Gasteiger partial charge on any atom is 0.329 e. The van der Waals surface area contributed by atoms with Crippen molar-refractivity contribution >= 4 is 40.0 Å². The fourth-order valence-electron chi connectivity index (χ4n) is 3.32. The lowest BCUT2D eigenvalue weighted by Gasteiger charge is -2.36. The van der Waals surface area contributed by atoms with Crippen molar-refractivity contribution < 1.29 is 23.8 Å². The standard InChI is InChI=1S/C19H15NO5S/c1-10-14(16-20-7-8-26-16)19(2,17(21)22)18(23)25-15(10)13-9-11-5-3-4-6-12(11)24-13/h3-9,14H,1-2H3,(H,21,22). The van der Waals surface area contributed by atoms with Crippen LogP contribution in [0.25, 0.3) is 16.7 Å². The Morgan fingerprint density at radius 2 is 2.12 bits per heavy atom. The van der Waals surface area contributed by atoms with Crippen LogP contribution in [0, 0.1) is 5.41 Å². The van der Waals surface area contributed by atoms with Gasteiger partial charge in [-0.15, -0.1) is 11.3 Å². The van der Waals surface area contributed by atoms with E-state index in [1.165, 1.54) is 18.3 Å². The number of fused-ring (bicyclic) bond motifs is 1. The van der Waals surface area contributed by atoms with Crippen LogP contribution >= 0.6 is 11.3 Å². The van der Waals surface area contributed by atoms with Crippen LogP contribution in [0.5, 0.6) is 0 Å². The van der Waals surface area contributed by atoms with E-state index >= 15 is 0 Å². The number of thiazole rings is 1. The van der Waals surface area contributed by atoms with Crippen LogP contribution in [0.15, 0.2) is 51.9 Å². The second-order valence-electron chi connectivity index (χ2n) is 6.36. The third-order valence-corrected chi connectivity index (χ3v) is 5.62. The van der Waals surface area contributed by atoms with E-state index in [4.69, 9.17) is 9.15 Å². The van der Waals surface area contributed by atoms with Crippen molar-refractivity contribution in [2.45, 2.75) is 19.8 Å². The van der Waals surface area contributed by atoms with Gasteiger partial charge in [0.05, 0.1) is 5.92 Å². The molecule has 2 unspecified atom stereocenters. The van der Waals surface area contributed by atoms with Crippen LogP contribution in [0.2, 0.25) is 0 Å². The molecule has 0 spiro atoms. The van der Waals surface area contributed by atoms with Crippen LogP contribution in [-0.2, 0) is 14.3 Å². The number of hydrogen-bond acceptors (Lipinski definition) is 6. The number of carboxylic acid groups (broad SMARTS) is 1. The van der Waals surface area contributed by atoms with Gasteiger partial charge in [0.15, 0.2) is 16.9 Å². The van der Waals surface area contributed by atoms with Gasteiger partial charge in [-0.3, -0.25) is 9.59 Å². The fraction of sp³-hybridized carbons (Fsp3) is 0.211. The van der Waals surface area contributed by atoms with E-state index in [0.29, 0.717) is 21.9 Å². The van der Waals surface area contributed by atoms with Crippen molar-refractivity contribution in [1.82, 2.24) is 4.98 Å². The number of furan rings is 1. The number of esters is 1. The molecule has 0 bridgehead atoms. The Hall–Kier alpha value is -2.93. The molecule has 2 aromatic heterocycles. The average molecular weight is 369 g/mol. The monoisotopic (exact) mass is 369 g/mol. The van der Waals surface area contributed by atoms with Crippen molar-refractivity contribution in [1.29, 1.82) is 0 Å². The van der Waals surface area contributed by atoms with E-state index in [2.05, 4.69) is 4.98 Å². The third-order valence-electron chi connectivity index (χ3n) is 4.78. The average Bonchev–Trinajstić information content (AvgIpc) is 3.27. The van der Waals surface area contributed by atoms with Crippen LogP contribution < -0.4 is 0 Å². The largest absolute Gasteiger partial charge is 0.480 e. The zero-order valence-electron chi connectivity index (χ0n) is 14.1. The molecule has 26 heavy (non-hydrogen) atoms. The maximum absolute atomic E-state index is 12.7. The highest BCUT2D eigenvalue weighted by atomic mass is 32.1. The van der Waals surface area contributed by atoms with Gasteiger partial charge in [0.1, 0.15) is 10.6 Å². The number of carbonyl (C=O) groups is 2. The molecule has 0 saturated heterocycles. The second-order valence-corrected chi connectivity index (χ2v) is 7.29. The van der Waals surface area contributed by atoms with Crippen molar-refractivity contribution in [2.75, 3.05) is 0 Å². The minimum atomic E-state index is -1.75. The minimum absolute atomic E-state index is 0.255. The predicted molar refractivity (Wildman–Crippen MR) is 95.5 cm³/mol. The number of cyclic esters (lactones) is 1. The van der Waals surface area contributed by atoms with Crippen LogP contribution in [0.1, 0.15) is 30.5 Å². The molecule has 1 aliphatic heterocycles. The van der Waals surface area contributed by atoms with E-state index < -0.39 is 23.3 Å². The van der Waals surface area contributed by atoms with Crippen molar-refractivity contribution in [2.24, 2.45) is 5.41 Å². The van der Waals surface area contributed by atoms with Gasteiger partial charge in [0.25, 0.3) is 0 Å². The number of aliphatic carboxylic acids is 1. The summed E-state index contributed by atoms with van der Waals surface area (Å²) in [5, 5.41) is 12.9. The molecule has 6 nitrogen and oxygen atoms in total. The SMILES string of the molecule is CC1=C(c2cc3ccccc3o2)OC(=O)C(C)(C(=O)O)C1c1nccs1. The molecule has 3 aromatic rings. The first-order chi connectivity index (χ1) is 12.4. The molecule has 0 aliphatic carbocycles. The summed E-state index contributed by atoms with van der Waals surface area (Å²) in [7, 11) is 0. The molecule has 0 saturated carbocycles. The van der Waals surface area contributed by atoms with Gasteiger partial charge in [0.2, 0.25) is 0 Å². The molecular formula is C19H15NO5S. The first-order valence-corrected chi connectivity index (χ1v) is 8.85. The summed E-state index contributed by atoms with van der Waals surface area (Å²) < 4.78 is 11.3. The Labute approximate surface area is 152 Å². The molecule has 3 heterocycles. The Morgan fingerprint density at radius 1 is 1.35 bits per heavy atom. The topological polar surface area (TPSA) is 89.6 Å². The molecule has 7 heteroatoms. The van der Waals surface area contributed by atoms with Gasteiger partial charge in [0, 0.05) is 17.0 Å². The van der Waals surface area contributed by atoms with Gasteiger partial charge in [-0.2, -0.15) is 0 Å². The summed E-state index contributed by atoms with van der Waals surface area (Å²) >= 11 is 1.31. The number of carbonyl (C=O) groups excluding carboxylic acids is 1. The summed E-state index contributed by atoms with van der Waals surface area (Å²) in [4.78, 5) is 28.9. The first-order valence-electron chi connectivity index (χ1n) is 7.97. The summed E-state index contributed by atoms with van der Waals surface area (Å²) in [6.07, 6.45) is 1.59. The van der Waals surface area contributed by atoms with Crippen molar-refractivity contribution in [3.8, 4) is 0 Å². The second kappa shape index (κ2) is 5.81. The normalized spacial score (nSPS) is 23.3. The molecular weight excluding hydrogens is 354 g/mol. The predicted octanol–water partition coefficient (Wildman–Crippen LogP) is 4.05. The highest BCUT2D eigenvalue weighted by molar-refractivity contribution is 7.09. The lowest BCUT2D eigenvalue weighted by atomic mass is 9.71. The van der Waals surface area contributed by atoms with Crippen LogP contribution in [-0.4, -0.2) is 22.0 Å². The fourth-order valence-corrected chi connectivity index (χ4v) is 4.25. The zero-order chi connectivity index (χ0) is 18.5. The number of benzene rings is 1. The first kappa shape index (κ1) is 16.5. The number of ether oxygens (including phenoxy) is 1. The zero-order valence-corrected chi connectivity index (χ0v) is 14.9. The van der Waals surface area contributed by atoms with Gasteiger partial charge in [-0.1, -0.05) is 18.2 Å². The van der Waals surface area contributed by atoms with Gasteiger partial charge < -0.3 is 14.3 Å². The number of aromatic nitrogens is 1. The van der Waals surface area contributed by atoms with E-state index in [1.54, 1.807) is 24.6 Å². The summed E-state index contributed by atoms with van der Waals surface area (Å²) in [5.74, 6) is -2.16. The number of nitrogens with zero attached hydrogens (tertiary/aromatic N) is 1. The molecule has 1 aliphatic rings. The number of para-hydroxylation sites is 1. The van der Waals surface area contributed by atoms with E-state index in [9.17, 15) is 14.7 Å². The van der Waals surface area contributed by atoms with E-state index in [0.717, 1.165) is 5.39 Å². The number of rotatable bonds is 3. The molecule has 0 fully saturated rings. The lowest BCUT2D eigenvalue weighted by molar-refractivity contribution is -0.165. The van der Waals surface area contributed by atoms with Crippen molar-refractivity contribution in [3.63, 3.8) is 0 Å². The quantitative estimate of drug-likeness (QED) is 0.553. The van der Waals surface area contributed by atoms with E-state index in [-0.39, 0.29) is 5.76 Å². The maximum atomic E-state index is 12.7. The third kappa shape index (κ3) is 2.28. The highest BCUT2D eigenvalue weighted by Gasteiger charge is 2.56. The van der Waals surface area contributed by atoms with Crippen molar-refractivity contribution in [3.05, 3.63) is 58.2 Å². The summed E-state index contributed by atoms with van der Waals surface area (Å²) in [6.45, 7) is 3.13. The summed E-state index contributed by atoms with van der Waals surface area (Å²) in [5.41, 5.74) is -0.489. The molecule has 1 aromatic carbocycles. The van der Waals surface area contributed by atoms with Gasteiger partial charge in [-0.05, 0) is 31.6 Å². The molecule has 132 valence electrons. The Morgan fingerprint density at radius 3 is 2.77 bits per heavy atom. The Kier molecular flexibility index (Phi) is 3.69. The molecule has 1 N–H and O–H groups in total. The molecule has 2 atom stereocenters. The minimum Gasteiger partial charge on any atom is -0.480 e. The molecule has 0 radical (unpaired) electrons. The number of allylic oxidation sites excluding steroid dienone is 1. The van der Waals surface area contributed by atoms with Gasteiger partial charge in [-0.25, -0.2) is 4.98 Å². The highest BCUT2D eigenvalue weighted by Crippen LogP contribution is 2.50. The number of hydrogen-bond donors (Lipinski definition) is 1. The van der Waals surface area contributed by atoms with Crippen LogP contribution in [0.3, 0.4) is 0 Å².